The normalized spacial score (nSPS) is 13.9. The molecule has 0 fully saturated rings. The van der Waals surface area contributed by atoms with E-state index in [0.717, 1.165) is 37.0 Å². The van der Waals surface area contributed by atoms with Crippen molar-refractivity contribution in [2.45, 2.75) is 65.6 Å². The highest BCUT2D eigenvalue weighted by molar-refractivity contribution is 9.10. The van der Waals surface area contributed by atoms with Crippen LogP contribution in [0.15, 0.2) is 58.0 Å². The zero-order valence-electron chi connectivity index (χ0n) is 30.7. The van der Waals surface area contributed by atoms with Gasteiger partial charge in [-0.25, -0.2) is 9.59 Å². The summed E-state index contributed by atoms with van der Waals surface area (Å²) in [5, 5.41) is 14.0. The third-order valence-electron chi connectivity index (χ3n) is 7.40. The molecule has 6 rings (SSSR count). The molecule has 0 radical (unpaired) electrons. The summed E-state index contributed by atoms with van der Waals surface area (Å²) in [7, 11) is 0. The summed E-state index contributed by atoms with van der Waals surface area (Å²) in [6, 6.07) is 7.14. The number of halogens is 2. The standard InChI is InChI=1S/2C18H21BrN4O4/c1-18(2,3)27-17(25)23-10-11(9-21-23)16(24)22-5-4-6-26-14-8-12(19)7-13(20)15(14)22;1-18(2,3)27-17(25)23-10-11(9-21-23)16(24)22-13-7-12(19)8-14-15(13)20-5-4-6-26-14/h7-10H,4-6,20H2,1-3H3;7-10,20H,4-6H2,1-3H3,(H,22,24). The van der Waals surface area contributed by atoms with Crippen LogP contribution in [-0.2, 0) is 9.47 Å². The molecule has 4 heterocycles. The van der Waals surface area contributed by atoms with Gasteiger partial charge in [0, 0.05) is 22.0 Å². The summed E-state index contributed by atoms with van der Waals surface area (Å²) < 4.78 is 25.5. The Labute approximate surface area is 328 Å². The van der Waals surface area contributed by atoms with Gasteiger partial charge in [0.2, 0.25) is 0 Å². The molecule has 18 heteroatoms. The Morgan fingerprint density at radius 1 is 0.815 bits per heavy atom. The first kappa shape index (κ1) is 40.1. The van der Waals surface area contributed by atoms with Crippen molar-refractivity contribution in [3.8, 4) is 11.5 Å². The van der Waals surface area contributed by atoms with Gasteiger partial charge < -0.3 is 40.2 Å². The first-order valence-corrected chi connectivity index (χ1v) is 18.6. The second-order valence-electron chi connectivity index (χ2n) is 14.2. The third kappa shape index (κ3) is 10.3. The molecule has 16 nitrogen and oxygen atoms in total. The maximum atomic E-state index is 13.1. The topological polar surface area (TPSA) is 194 Å². The van der Waals surface area contributed by atoms with Crippen LogP contribution in [0, 0.1) is 0 Å². The average Bonchev–Trinajstić information content (AvgIpc) is 3.65. The molecule has 0 aliphatic carbocycles. The van der Waals surface area contributed by atoms with Crippen molar-refractivity contribution in [3.05, 3.63) is 69.1 Å². The Balaban J connectivity index is 0.000000208. The molecule has 2 amide bonds. The number of nitrogens with two attached hydrogens (primary N) is 1. The second kappa shape index (κ2) is 16.5. The highest BCUT2D eigenvalue weighted by Crippen LogP contribution is 2.40. The Hall–Kier alpha value is -5.10. The first-order chi connectivity index (χ1) is 25.4. The Morgan fingerprint density at radius 3 is 2.02 bits per heavy atom. The molecule has 0 spiro atoms. The third-order valence-corrected chi connectivity index (χ3v) is 8.31. The summed E-state index contributed by atoms with van der Waals surface area (Å²) in [5.74, 6) is 0.496. The fourth-order valence-corrected chi connectivity index (χ4v) is 6.09. The van der Waals surface area contributed by atoms with Crippen LogP contribution in [0.25, 0.3) is 0 Å². The van der Waals surface area contributed by atoms with Gasteiger partial charge in [0.15, 0.2) is 0 Å². The van der Waals surface area contributed by atoms with Crippen molar-refractivity contribution in [3.63, 3.8) is 0 Å². The van der Waals surface area contributed by atoms with Crippen LogP contribution >= 0.6 is 31.9 Å². The van der Waals surface area contributed by atoms with Gasteiger partial charge in [0.1, 0.15) is 34.1 Å². The lowest BCUT2D eigenvalue weighted by atomic mass is 10.2. The smallest absolute Gasteiger partial charge is 0.435 e. The summed E-state index contributed by atoms with van der Waals surface area (Å²) in [6.07, 6.45) is 5.57. The van der Waals surface area contributed by atoms with Gasteiger partial charge in [0.25, 0.3) is 11.8 Å². The molecule has 2 aliphatic rings. The monoisotopic (exact) mass is 872 g/mol. The summed E-state index contributed by atoms with van der Waals surface area (Å²) in [5.41, 5.74) is 7.59. The van der Waals surface area contributed by atoms with Gasteiger partial charge in [-0.1, -0.05) is 31.9 Å². The SMILES string of the molecule is CC(C)(C)OC(=O)n1cc(C(=O)N2CCCOc3cc(Br)cc(N)c32)cn1.CC(C)(C)OC(=O)n1cc(C(=O)Nc2cc(Br)cc3c2NCCCO3)cn1. The van der Waals surface area contributed by atoms with Crippen LogP contribution < -0.4 is 30.7 Å². The highest BCUT2D eigenvalue weighted by Gasteiger charge is 2.28. The van der Waals surface area contributed by atoms with E-state index in [1.54, 1.807) is 64.6 Å². The minimum absolute atomic E-state index is 0.240. The van der Waals surface area contributed by atoms with Crippen LogP contribution in [0.1, 0.15) is 75.1 Å². The fraction of sp³-hybridized carbons (Fsp3) is 0.389. The van der Waals surface area contributed by atoms with E-state index < -0.39 is 29.3 Å². The van der Waals surface area contributed by atoms with E-state index in [1.165, 1.54) is 24.8 Å². The van der Waals surface area contributed by atoms with Crippen LogP contribution in [-0.4, -0.2) is 81.1 Å². The van der Waals surface area contributed by atoms with E-state index in [1.807, 2.05) is 6.07 Å². The number of amides is 2. The van der Waals surface area contributed by atoms with Gasteiger partial charge >= 0.3 is 12.2 Å². The Bertz CT molecular complexity index is 2050. The number of aromatic nitrogens is 4. The number of ether oxygens (including phenoxy) is 4. The number of anilines is 4. The fourth-order valence-electron chi connectivity index (χ4n) is 5.20. The molecule has 0 saturated heterocycles. The molecule has 288 valence electrons. The number of hydrogen-bond acceptors (Lipinski definition) is 12. The number of hydrogen-bond donors (Lipinski definition) is 3. The first-order valence-electron chi connectivity index (χ1n) is 17.0. The van der Waals surface area contributed by atoms with Crippen molar-refractivity contribution >= 4 is 78.6 Å². The van der Waals surface area contributed by atoms with Crippen molar-refractivity contribution in [1.82, 2.24) is 19.6 Å². The molecule has 0 bridgehead atoms. The highest BCUT2D eigenvalue weighted by atomic mass is 79.9. The number of carbonyl (C=O) groups excluding carboxylic acids is 4. The van der Waals surface area contributed by atoms with Crippen molar-refractivity contribution in [2.75, 3.05) is 47.6 Å². The van der Waals surface area contributed by atoms with Gasteiger partial charge in [0.05, 0.1) is 60.5 Å². The van der Waals surface area contributed by atoms with Gasteiger partial charge in [-0.05, 0) is 78.6 Å². The molecule has 2 aliphatic heterocycles. The van der Waals surface area contributed by atoms with Crippen LogP contribution in [0.5, 0.6) is 11.5 Å². The number of carbonyl (C=O) groups is 4. The molecule has 54 heavy (non-hydrogen) atoms. The largest absolute Gasteiger partial charge is 0.491 e. The van der Waals surface area contributed by atoms with Crippen LogP contribution in [0.4, 0.5) is 32.3 Å². The number of benzene rings is 2. The number of nitrogens with one attached hydrogen (secondary N) is 2. The van der Waals surface area contributed by atoms with E-state index in [-0.39, 0.29) is 17.0 Å². The van der Waals surface area contributed by atoms with E-state index in [2.05, 4.69) is 52.7 Å². The van der Waals surface area contributed by atoms with Gasteiger partial charge in [-0.2, -0.15) is 19.6 Å². The predicted octanol–water partition coefficient (Wildman–Crippen LogP) is 7.32. The predicted molar refractivity (Wildman–Crippen MR) is 209 cm³/mol. The maximum absolute atomic E-state index is 13.1. The minimum atomic E-state index is -0.657. The zero-order chi connectivity index (χ0) is 39.4. The number of nitrogen functional groups attached to an aromatic ring is 1. The summed E-state index contributed by atoms with van der Waals surface area (Å²) in [6.45, 7) is 12.8. The maximum Gasteiger partial charge on any atom is 0.435 e. The molecule has 0 unspecified atom stereocenters. The van der Waals surface area contributed by atoms with E-state index in [9.17, 15) is 19.2 Å². The summed E-state index contributed by atoms with van der Waals surface area (Å²) >= 11 is 6.81. The van der Waals surface area contributed by atoms with Crippen molar-refractivity contribution in [2.24, 2.45) is 0 Å². The zero-order valence-corrected chi connectivity index (χ0v) is 33.9. The van der Waals surface area contributed by atoms with Gasteiger partial charge in [-0.3, -0.25) is 9.59 Å². The lowest BCUT2D eigenvalue weighted by Crippen LogP contribution is -2.32. The molecular weight excluding hydrogens is 832 g/mol. The summed E-state index contributed by atoms with van der Waals surface area (Å²) in [4.78, 5) is 51.4. The van der Waals surface area contributed by atoms with Crippen molar-refractivity contribution < 1.29 is 38.1 Å². The van der Waals surface area contributed by atoms with Crippen molar-refractivity contribution in [1.29, 1.82) is 0 Å². The number of nitrogens with zero attached hydrogens (tertiary/aromatic N) is 5. The minimum Gasteiger partial charge on any atom is -0.491 e. The Morgan fingerprint density at radius 2 is 1.37 bits per heavy atom. The lowest BCUT2D eigenvalue weighted by Gasteiger charge is -2.23. The number of fused-ring (bicyclic) bond motifs is 2. The molecule has 2 aromatic carbocycles. The quantitative estimate of drug-likeness (QED) is 0.174. The van der Waals surface area contributed by atoms with E-state index in [0.29, 0.717) is 54.7 Å². The van der Waals surface area contributed by atoms with E-state index >= 15 is 0 Å². The molecule has 4 aromatic rings. The van der Waals surface area contributed by atoms with E-state index in [4.69, 9.17) is 24.7 Å². The molecule has 0 atom stereocenters. The molecule has 0 saturated carbocycles. The van der Waals surface area contributed by atoms with Crippen LogP contribution in [0.2, 0.25) is 0 Å². The lowest BCUT2D eigenvalue weighted by molar-refractivity contribution is 0.0503. The van der Waals surface area contributed by atoms with Crippen LogP contribution in [0.3, 0.4) is 0 Å². The molecular formula is C36H42Br2N8O8. The number of rotatable bonds is 3. The molecule has 4 N–H and O–H groups in total. The Kier molecular flexibility index (Phi) is 12.3. The second-order valence-corrected chi connectivity index (χ2v) is 16.0. The average molecular weight is 875 g/mol. The molecule has 2 aromatic heterocycles. The van der Waals surface area contributed by atoms with Gasteiger partial charge in [-0.15, -0.1) is 0 Å².